The normalized spacial score (nSPS) is 9.84. The number of amides is 3. The Morgan fingerprint density at radius 2 is 1.89 bits per heavy atom. The topological polar surface area (TPSA) is 70.2 Å². The predicted molar refractivity (Wildman–Crippen MR) is 71.5 cm³/mol. The molecule has 0 atom stereocenters. The maximum absolute atomic E-state index is 13.0. The Labute approximate surface area is 111 Å². The Hall–Kier alpha value is -2.11. The van der Waals surface area contributed by atoms with Crippen LogP contribution < -0.4 is 16.0 Å². The van der Waals surface area contributed by atoms with Crippen molar-refractivity contribution in [1.82, 2.24) is 10.6 Å². The lowest BCUT2D eigenvalue weighted by Crippen LogP contribution is -2.32. The van der Waals surface area contributed by atoms with Crippen molar-refractivity contribution in [2.24, 2.45) is 0 Å². The monoisotopic (exact) mass is 267 g/mol. The Balaban J connectivity index is 2.31. The highest BCUT2D eigenvalue weighted by atomic mass is 19.1. The molecule has 0 aliphatic rings. The van der Waals surface area contributed by atoms with E-state index in [-0.39, 0.29) is 5.91 Å². The van der Waals surface area contributed by atoms with E-state index in [1.807, 2.05) is 0 Å². The Bertz CT molecular complexity index is 463. The van der Waals surface area contributed by atoms with Gasteiger partial charge in [0.25, 0.3) is 0 Å². The lowest BCUT2D eigenvalue weighted by atomic mass is 10.2. The number of carbonyl (C=O) groups is 2. The molecule has 19 heavy (non-hydrogen) atoms. The molecule has 0 spiro atoms. The van der Waals surface area contributed by atoms with Crippen LogP contribution in [0, 0.1) is 12.7 Å². The van der Waals surface area contributed by atoms with E-state index in [0.29, 0.717) is 25.2 Å². The second-order valence-electron chi connectivity index (χ2n) is 4.18. The van der Waals surface area contributed by atoms with Crippen molar-refractivity contribution in [2.75, 3.05) is 18.4 Å². The molecule has 0 aliphatic carbocycles. The van der Waals surface area contributed by atoms with Gasteiger partial charge in [0, 0.05) is 25.7 Å². The van der Waals surface area contributed by atoms with Crippen molar-refractivity contribution >= 4 is 17.6 Å². The first-order valence-electron chi connectivity index (χ1n) is 6.04. The summed E-state index contributed by atoms with van der Waals surface area (Å²) < 4.78 is 13.0. The number of benzene rings is 1. The SMILES string of the molecule is CC(=O)NCCCNC(=O)Nc1cc(F)ccc1C. The van der Waals surface area contributed by atoms with Crippen molar-refractivity contribution in [2.45, 2.75) is 20.3 Å². The molecule has 0 unspecified atom stereocenters. The van der Waals surface area contributed by atoms with Gasteiger partial charge in [-0.3, -0.25) is 4.79 Å². The summed E-state index contributed by atoms with van der Waals surface area (Å²) in [6, 6.07) is 3.82. The fourth-order valence-corrected chi connectivity index (χ4v) is 1.45. The zero-order valence-electron chi connectivity index (χ0n) is 11.0. The van der Waals surface area contributed by atoms with Crippen LogP contribution in [0.2, 0.25) is 0 Å². The fourth-order valence-electron chi connectivity index (χ4n) is 1.45. The molecule has 1 aromatic carbocycles. The Morgan fingerprint density at radius 3 is 2.58 bits per heavy atom. The zero-order valence-corrected chi connectivity index (χ0v) is 11.0. The van der Waals surface area contributed by atoms with Crippen LogP contribution in [0.1, 0.15) is 18.9 Å². The van der Waals surface area contributed by atoms with Crippen LogP contribution in [0.25, 0.3) is 0 Å². The molecule has 0 fully saturated rings. The predicted octanol–water partition coefficient (Wildman–Crippen LogP) is 1.78. The molecule has 1 aromatic rings. The van der Waals surface area contributed by atoms with E-state index in [0.717, 1.165) is 5.56 Å². The molecular formula is C13H18FN3O2. The van der Waals surface area contributed by atoms with Gasteiger partial charge < -0.3 is 16.0 Å². The smallest absolute Gasteiger partial charge is 0.319 e. The summed E-state index contributed by atoms with van der Waals surface area (Å²) in [7, 11) is 0. The molecule has 0 bridgehead atoms. The number of anilines is 1. The third-order valence-electron chi connectivity index (χ3n) is 2.46. The Morgan fingerprint density at radius 1 is 1.21 bits per heavy atom. The number of halogens is 1. The van der Waals surface area contributed by atoms with E-state index in [9.17, 15) is 14.0 Å². The third-order valence-corrected chi connectivity index (χ3v) is 2.46. The minimum atomic E-state index is -0.397. The molecule has 5 nitrogen and oxygen atoms in total. The molecule has 0 heterocycles. The third kappa shape index (κ3) is 5.85. The number of hydrogen-bond donors (Lipinski definition) is 3. The van der Waals surface area contributed by atoms with Crippen molar-refractivity contribution in [3.63, 3.8) is 0 Å². The van der Waals surface area contributed by atoms with Crippen LogP contribution in [-0.2, 0) is 4.79 Å². The quantitative estimate of drug-likeness (QED) is 0.712. The van der Waals surface area contributed by atoms with E-state index >= 15 is 0 Å². The van der Waals surface area contributed by atoms with Crippen LogP contribution >= 0.6 is 0 Å². The molecule has 0 saturated heterocycles. The number of carbonyl (C=O) groups excluding carboxylic acids is 2. The molecule has 6 heteroatoms. The standard InChI is InChI=1S/C13H18FN3O2/c1-9-4-5-11(14)8-12(9)17-13(19)16-7-3-6-15-10(2)18/h4-5,8H,3,6-7H2,1-2H3,(H,15,18)(H2,16,17,19). The summed E-state index contributed by atoms with van der Waals surface area (Å²) >= 11 is 0. The van der Waals surface area contributed by atoms with Gasteiger partial charge in [0.15, 0.2) is 0 Å². The molecule has 0 aromatic heterocycles. The fraction of sp³-hybridized carbons (Fsp3) is 0.385. The molecule has 104 valence electrons. The molecule has 1 rings (SSSR count). The minimum absolute atomic E-state index is 0.0974. The van der Waals surface area contributed by atoms with Gasteiger partial charge in [-0.1, -0.05) is 6.07 Å². The average Bonchev–Trinajstić information content (AvgIpc) is 2.33. The second kappa shape index (κ2) is 7.35. The molecule has 3 N–H and O–H groups in total. The summed E-state index contributed by atoms with van der Waals surface area (Å²) in [5, 5.41) is 7.83. The van der Waals surface area contributed by atoms with E-state index in [1.165, 1.54) is 19.1 Å². The highest BCUT2D eigenvalue weighted by Gasteiger charge is 2.04. The summed E-state index contributed by atoms with van der Waals surface area (Å²) in [6.45, 7) is 4.16. The average molecular weight is 267 g/mol. The minimum Gasteiger partial charge on any atom is -0.356 e. The van der Waals surface area contributed by atoms with Crippen LogP contribution in [-0.4, -0.2) is 25.0 Å². The van der Waals surface area contributed by atoms with Crippen molar-refractivity contribution in [3.8, 4) is 0 Å². The number of hydrogen-bond acceptors (Lipinski definition) is 2. The van der Waals surface area contributed by atoms with Crippen molar-refractivity contribution in [1.29, 1.82) is 0 Å². The lowest BCUT2D eigenvalue weighted by molar-refractivity contribution is -0.118. The summed E-state index contributed by atoms with van der Waals surface area (Å²) in [5.74, 6) is -0.494. The van der Waals surface area contributed by atoms with E-state index in [2.05, 4.69) is 16.0 Å². The van der Waals surface area contributed by atoms with E-state index in [4.69, 9.17) is 0 Å². The summed E-state index contributed by atoms with van der Waals surface area (Å²) in [5.41, 5.74) is 1.23. The van der Waals surface area contributed by atoms with Crippen LogP contribution in [0.4, 0.5) is 14.9 Å². The molecular weight excluding hydrogens is 249 g/mol. The number of nitrogens with one attached hydrogen (secondary N) is 3. The summed E-state index contributed by atoms with van der Waals surface area (Å²) in [4.78, 5) is 22.1. The number of rotatable bonds is 5. The first-order chi connectivity index (χ1) is 8.99. The van der Waals surface area contributed by atoms with Gasteiger partial charge in [-0.05, 0) is 31.0 Å². The molecule has 0 aliphatic heterocycles. The van der Waals surface area contributed by atoms with Gasteiger partial charge in [-0.25, -0.2) is 9.18 Å². The summed E-state index contributed by atoms with van der Waals surface area (Å²) in [6.07, 6.45) is 0.634. The first kappa shape index (κ1) is 14.9. The van der Waals surface area contributed by atoms with Crippen LogP contribution in [0.15, 0.2) is 18.2 Å². The van der Waals surface area contributed by atoms with Crippen molar-refractivity contribution in [3.05, 3.63) is 29.6 Å². The highest BCUT2D eigenvalue weighted by molar-refractivity contribution is 5.90. The maximum atomic E-state index is 13.0. The van der Waals surface area contributed by atoms with Gasteiger partial charge >= 0.3 is 6.03 Å². The van der Waals surface area contributed by atoms with E-state index in [1.54, 1.807) is 13.0 Å². The van der Waals surface area contributed by atoms with Gasteiger partial charge in [0.2, 0.25) is 5.91 Å². The molecule has 3 amide bonds. The number of urea groups is 1. The van der Waals surface area contributed by atoms with Crippen molar-refractivity contribution < 1.29 is 14.0 Å². The highest BCUT2D eigenvalue weighted by Crippen LogP contribution is 2.15. The Kier molecular flexibility index (Phi) is 5.78. The maximum Gasteiger partial charge on any atom is 0.319 e. The number of aryl methyl sites for hydroxylation is 1. The molecule has 0 radical (unpaired) electrons. The van der Waals surface area contributed by atoms with Crippen LogP contribution in [0.3, 0.4) is 0 Å². The lowest BCUT2D eigenvalue weighted by Gasteiger charge is -2.10. The zero-order chi connectivity index (χ0) is 14.3. The van der Waals surface area contributed by atoms with Crippen LogP contribution in [0.5, 0.6) is 0 Å². The second-order valence-corrected chi connectivity index (χ2v) is 4.18. The van der Waals surface area contributed by atoms with Gasteiger partial charge in [-0.2, -0.15) is 0 Å². The molecule has 0 saturated carbocycles. The van der Waals surface area contributed by atoms with Gasteiger partial charge in [0.1, 0.15) is 5.82 Å². The largest absolute Gasteiger partial charge is 0.356 e. The van der Waals surface area contributed by atoms with Gasteiger partial charge in [0.05, 0.1) is 0 Å². The van der Waals surface area contributed by atoms with Gasteiger partial charge in [-0.15, -0.1) is 0 Å². The van der Waals surface area contributed by atoms with E-state index < -0.39 is 11.8 Å². The first-order valence-corrected chi connectivity index (χ1v) is 6.04.